The van der Waals surface area contributed by atoms with Crippen molar-refractivity contribution in [2.75, 3.05) is 6.54 Å². The zero-order valence-corrected chi connectivity index (χ0v) is 11.4. The second-order valence-electron chi connectivity index (χ2n) is 4.43. The fourth-order valence-electron chi connectivity index (χ4n) is 2.39. The van der Waals surface area contributed by atoms with E-state index in [-0.39, 0.29) is 0 Å². The Labute approximate surface area is 114 Å². The van der Waals surface area contributed by atoms with E-state index in [9.17, 15) is 0 Å². The van der Waals surface area contributed by atoms with Crippen LogP contribution in [0.4, 0.5) is 0 Å². The monoisotopic (exact) mass is 283 g/mol. The molecule has 2 aromatic rings. The third-order valence-electron chi connectivity index (χ3n) is 3.23. The number of thiophene rings is 1. The lowest BCUT2D eigenvalue weighted by molar-refractivity contribution is 0.406. The molecule has 1 aliphatic carbocycles. The summed E-state index contributed by atoms with van der Waals surface area (Å²) in [4.78, 5) is 5.44. The SMILES string of the molecule is Clc1cc2c(s1)CCCC2NCCc1ncon1. The van der Waals surface area contributed by atoms with E-state index < -0.39 is 0 Å². The fourth-order valence-corrected chi connectivity index (χ4v) is 3.78. The molecular weight excluding hydrogens is 270 g/mol. The first-order valence-electron chi connectivity index (χ1n) is 6.09. The Balaban J connectivity index is 1.60. The van der Waals surface area contributed by atoms with Crippen molar-refractivity contribution in [2.24, 2.45) is 0 Å². The molecule has 4 nitrogen and oxygen atoms in total. The summed E-state index contributed by atoms with van der Waals surface area (Å²) in [7, 11) is 0. The zero-order valence-electron chi connectivity index (χ0n) is 9.86. The highest BCUT2D eigenvalue weighted by molar-refractivity contribution is 7.16. The molecule has 0 aromatic carbocycles. The van der Waals surface area contributed by atoms with Crippen LogP contribution in [0.5, 0.6) is 0 Å². The molecule has 0 radical (unpaired) electrons. The van der Waals surface area contributed by atoms with Gasteiger partial charge in [-0.1, -0.05) is 16.8 Å². The molecular formula is C12H14ClN3OS. The number of nitrogens with one attached hydrogen (secondary N) is 1. The van der Waals surface area contributed by atoms with Gasteiger partial charge in [-0.25, -0.2) is 0 Å². The Bertz CT molecular complexity index is 511. The Morgan fingerprint density at radius 1 is 1.56 bits per heavy atom. The highest BCUT2D eigenvalue weighted by atomic mass is 35.5. The van der Waals surface area contributed by atoms with Gasteiger partial charge in [0, 0.05) is 23.9 Å². The number of hydrogen-bond acceptors (Lipinski definition) is 5. The van der Waals surface area contributed by atoms with Gasteiger partial charge in [0.05, 0.1) is 4.34 Å². The molecule has 1 N–H and O–H groups in total. The summed E-state index contributed by atoms with van der Waals surface area (Å²) >= 11 is 7.80. The van der Waals surface area contributed by atoms with Crippen molar-refractivity contribution >= 4 is 22.9 Å². The average molecular weight is 284 g/mol. The maximum atomic E-state index is 6.09. The van der Waals surface area contributed by atoms with E-state index in [0.29, 0.717) is 6.04 Å². The molecule has 3 rings (SSSR count). The number of rotatable bonds is 4. The van der Waals surface area contributed by atoms with Crippen molar-refractivity contribution in [1.82, 2.24) is 15.5 Å². The van der Waals surface area contributed by atoms with Gasteiger partial charge in [-0.05, 0) is 30.9 Å². The largest absolute Gasteiger partial charge is 0.343 e. The first kappa shape index (κ1) is 12.1. The van der Waals surface area contributed by atoms with E-state index in [1.807, 2.05) is 0 Å². The summed E-state index contributed by atoms with van der Waals surface area (Å²) < 4.78 is 5.61. The number of fused-ring (bicyclic) bond motifs is 1. The summed E-state index contributed by atoms with van der Waals surface area (Å²) in [5.74, 6) is 0.752. The molecule has 2 heterocycles. The summed E-state index contributed by atoms with van der Waals surface area (Å²) in [6.07, 6.45) is 5.72. The number of aryl methyl sites for hydroxylation is 1. The van der Waals surface area contributed by atoms with Crippen molar-refractivity contribution < 1.29 is 4.52 Å². The summed E-state index contributed by atoms with van der Waals surface area (Å²) in [5, 5.41) is 7.36. The van der Waals surface area contributed by atoms with Gasteiger partial charge in [-0.2, -0.15) is 4.98 Å². The van der Waals surface area contributed by atoms with Crippen molar-refractivity contribution in [3.05, 3.63) is 33.1 Å². The van der Waals surface area contributed by atoms with Gasteiger partial charge in [0.2, 0.25) is 6.39 Å². The second-order valence-corrected chi connectivity index (χ2v) is 6.19. The van der Waals surface area contributed by atoms with Gasteiger partial charge >= 0.3 is 0 Å². The minimum Gasteiger partial charge on any atom is -0.343 e. The molecule has 0 saturated carbocycles. The highest BCUT2D eigenvalue weighted by Gasteiger charge is 2.22. The van der Waals surface area contributed by atoms with E-state index in [2.05, 4.69) is 21.5 Å². The topological polar surface area (TPSA) is 51.0 Å². The van der Waals surface area contributed by atoms with Crippen molar-refractivity contribution in [2.45, 2.75) is 31.7 Å². The average Bonchev–Trinajstić information content (AvgIpc) is 2.97. The Morgan fingerprint density at radius 3 is 3.33 bits per heavy atom. The lowest BCUT2D eigenvalue weighted by atomic mass is 9.94. The van der Waals surface area contributed by atoms with Crippen molar-refractivity contribution in [1.29, 1.82) is 0 Å². The summed E-state index contributed by atoms with van der Waals surface area (Å²) in [6.45, 7) is 0.858. The van der Waals surface area contributed by atoms with E-state index >= 15 is 0 Å². The number of halogens is 1. The molecule has 0 fully saturated rings. The van der Waals surface area contributed by atoms with Crippen LogP contribution >= 0.6 is 22.9 Å². The lowest BCUT2D eigenvalue weighted by Crippen LogP contribution is -2.26. The van der Waals surface area contributed by atoms with Gasteiger partial charge < -0.3 is 9.84 Å². The van der Waals surface area contributed by atoms with Crippen LogP contribution in [0.25, 0.3) is 0 Å². The molecule has 1 unspecified atom stereocenters. The minimum atomic E-state index is 0.421. The molecule has 96 valence electrons. The fraction of sp³-hybridized carbons (Fsp3) is 0.500. The maximum absolute atomic E-state index is 6.09. The predicted molar refractivity (Wildman–Crippen MR) is 71.0 cm³/mol. The maximum Gasteiger partial charge on any atom is 0.213 e. The molecule has 0 amide bonds. The van der Waals surface area contributed by atoms with E-state index in [4.69, 9.17) is 16.1 Å². The minimum absolute atomic E-state index is 0.421. The first-order valence-corrected chi connectivity index (χ1v) is 7.29. The third kappa shape index (κ3) is 2.58. The predicted octanol–water partition coefficient (Wildman–Crippen LogP) is 2.99. The van der Waals surface area contributed by atoms with Gasteiger partial charge in [-0.15, -0.1) is 11.3 Å². The van der Waals surface area contributed by atoms with Gasteiger partial charge in [0.1, 0.15) is 0 Å². The van der Waals surface area contributed by atoms with Crippen LogP contribution < -0.4 is 5.32 Å². The van der Waals surface area contributed by atoms with Crippen LogP contribution in [0.15, 0.2) is 17.0 Å². The van der Waals surface area contributed by atoms with Crippen LogP contribution in [0, 0.1) is 0 Å². The molecule has 1 atom stereocenters. The number of hydrogen-bond donors (Lipinski definition) is 1. The van der Waals surface area contributed by atoms with Crippen LogP contribution in [-0.2, 0) is 12.8 Å². The summed E-state index contributed by atoms with van der Waals surface area (Å²) in [5.41, 5.74) is 1.38. The molecule has 0 bridgehead atoms. The number of aromatic nitrogens is 2. The standard InChI is InChI=1S/C12H14ClN3OS/c13-11-6-8-9(2-1-3-10(8)18-11)14-5-4-12-15-7-17-16-12/h6-7,9,14H,1-5H2. The van der Waals surface area contributed by atoms with Crippen LogP contribution in [-0.4, -0.2) is 16.7 Å². The van der Waals surface area contributed by atoms with Gasteiger partial charge in [0.15, 0.2) is 5.82 Å². The molecule has 0 saturated heterocycles. The van der Waals surface area contributed by atoms with Gasteiger partial charge in [-0.3, -0.25) is 0 Å². The first-order chi connectivity index (χ1) is 8.83. The molecule has 0 aliphatic heterocycles. The van der Waals surface area contributed by atoms with E-state index in [1.54, 1.807) is 11.3 Å². The Morgan fingerprint density at radius 2 is 2.50 bits per heavy atom. The quantitative estimate of drug-likeness (QED) is 0.937. The van der Waals surface area contributed by atoms with Gasteiger partial charge in [0.25, 0.3) is 0 Å². The van der Waals surface area contributed by atoms with Crippen molar-refractivity contribution in [3.63, 3.8) is 0 Å². The van der Waals surface area contributed by atoms with Crippen molar-refractivity contribution in [3.8, 4) is 0 Å². The third-order valence-corrected chi connectivity index (χ3v) is 4.57. The molecule has 18 heavy (non-hydrogen) atoms. The molecule has 0 spiro atoms. The Hall–Kier alpha value is -0.910. The lowest BCUT2D eigenvalue weighted by Gasteiger charge is -2.23. The summed E-state index contributed by atoms with van der Waals surface area (Å²) in [6, 6.07) is 2.52. The normalized spacial score (nSPS) is 18.8. The molecule has 6 heteroatoms. The molecule has 1 aliphatic rings. The van der Waals surface area contributed by atoms with E-state index in [0.717, 1.165) is 29.5 Å². The van der Waals surface area contributed by atoms with Crippen LogP contribution in [0.1, 0.15) is 35.1 Å². The Kier molecular flexibility index (Phi) is 3.63. The highest BCUT2D eigenvalue weighted by Crippen LogP contribution is 2.37. The smallest absolute Gasteiger partial charge is 0.213 e. The van der Waals surface area contributed by atoms with Crippen LogP contribution in [0.3, 0.4) is 0 Å². The molecule has 2 aromatic heterocycles. The zero-order chi connectivity index (χ0) is 12.4. The van der Waals surface area contributed by atoms with E-state index in [1.165, 1.54) is 29.7 Å². The number of nitrogens with zero attached hydrogens (tertiary/aromatic N) is 2. The van der Waals surface area contributed by atoms with Crippen LogP contribution in [0.2, 0.25) is 4.34 Å². The second kappa shape index (κ2) is 5.38.